The van der Waals surface area contributed by atoms with Crippen molar-refractivity contribution in [1.82, 2.24) is 4.57 Å². The molecule has 1 aromatic heterocycles. The van der Waals surface area contributed by atoms with Crippen LogP contribution in [0.25, 0.3) is 0 Å². The number of nitrogens with two attached hydrogens (primary N) is 1. The van der Waals surface area contributed by atoms with Gasteiger partial charge >= 0.3 is 5.97 Å². The minimum absolute atomic E-state index is 0.170. The number of carbonyl (C=O) groups is 1. The quantitative estimate of drug-likeness (QED) is 0.583. The van der Waals surface area contributed by atoms with Crippen molar-refractivity contribution >= 4 is 11.7 Å². The Morgan fingerprint density at radius 3 is 3.00 bits per heavy atom. The maximum Gasteiger partial charge on any atom is 0.326 e. The Hall–Kier alpha value is -2.29. The molecular formula is C11H13N3O3. The van der Waals surface area contributed by atoms with Gasteiger partial charge in [0.05, 0.1) is 12.7 Å². The van der Waals surface area contributed by atoms with Crippen molar-refractivity contribution in [1.29, 1.82) is 5.26 Å². The molecule has 0 aliphatic rings. The van der Waals surface area contributed by atoms with Crippen LogP contribution < -0.4 is 11.3 Å². The number of rotatable bonds is 5. The number of aromatic nitrogens is 1. The zero-order valence-electron chi connectivity index (χ0n) is 9.26. The number of nitrogens with zero attached hydrogens (tertiary/aromatic N) is 2. The van der Waals surface area contributed by atoms with Crippen molar-refractivity contribution in [2.75, 3.05) is 12.3 Å². The molecule has 6 nitrogen and oxygen atoms in total. The van der Waals surface area contributed by atoms with E-state index in [0.717, 1.165) is 0 Å². The van der Waals surface area contributed by atoms with Gasteiger partial charge in [0.25, 0.3) is 5.56 Å². The number of hydrogen-bond acceptors (Lipinski definition) is 5. The standard InChI is InChI=1S/C11H13N3O3/c12-5-1-2-6-17-11(16)8-14-7-9(13)3-4-10(14)15/h3-4,7H,1-2,6,8,13H2. The minimum atomic E-state index is -0.518. The van der Waals surface area contributed by atoms with Gasteiger partial charge in [0.2, 0.25) is 0 Å². The summed E-state index contributed by atoms with van der Waals surface area (Å²) in [6.45, 7) is 0.0138. The third kappa shape index (κ3) is 4.38. The Morgan fingerprint density at radius 1 is 1.53 bits per heavy atom. The molecule has 0 bridgehead atoms. The lowest BCUT2D eigenvalue weighted by atomic mass is 10.3. The van der Waals surface area contributed by atoms with Crippen LogP contribution in [0.15, 0.2) is 23.1 Å². The van der Waals surface area contributed by atoms with Crippen molar-refractivity contribution in [2.45, 2.75) is 19.4 Å². The molecule has 0 spiro atoms. The third-order valence-electron chi connectivity index (χ3n) is 2.00. The van der Waals surface area contributed by atoms with E-state index < -0.39 is 5.97 Å². The van der Waals surface area contributed by atoms with Crippen LogP contribution in [0, 0.1) is 11.3 Å². The van der Waals surface area contributed by atoms with Gasteiger partial charge in [-0.15, -0.1) is 0 Å². The van der Waals surface area contributed by atoms with Crippen molar-refractivity contribution in [3.8, 4) is 6.07 Å². The van der Waals surface area contributed by atoms with Gasteiger partial charge in [0.1, 0.15) is 6.54 Å². The second kappa shape index (κ2) is 6.33. The van der Waals surface area contributed by atoms with Crippen molar-refractivity contribution in [3.63, 3.8) is 0 Å². The van der Waals surface area contributed by atoms with E-state index in [-0.39, 0.29) is 18.7 Å². The summed E-state index contributed by atoms with van der Waals surface area (Å²) in [4.78, 5) is 22.7. The first-order chi connectivity index (χ1) is 8.13. The summed E-state index contributed by atoms with van der Waals surface area (Å²) in [6.07, 6.45) is 2.22. The van der Waals surface area contributed by atoms with Gasteiger partial charge in [-0.3, -0.25) is 9.59 Å². The maximum atomic E-state index is 11.3. The van der Waals surface area contributed by atoms with Crippen LogP contribution in [-0.4, -0.2) is 17.1 Å². The lowest BCUT2D eigenvalue weighted by Crippen LogP contribution is -2.24. The summed E-state index contributed by atoms with van der Waals surface area (Å²) in [5.74, 6) is -0.518. The highest BCUT2D eigenvalue weighted by Crippen LogP contribution is 1.97. The summed E-state index contributed by atoms with van der Waals surface area (Å²) < 4.78 is 6.03. The normalized spacial score (nSPS) is 9.59. The molecule has 1 rings (SSSR count). The first-order valence-corrected chi connectivity index (χ1v) is 5.12. The molecule has 6 heteroatoms. The monoisotopic (exact) mass is 235 g/mol. The molecule has 0 unspecified atom stereocenters. The van der Waals surface area contributed by atoms with E-state index >= 15 is 0 Å². The molecule has 1 aromatic rings. The zero-order valence-corrected chi connectivity index (χ0v) is 9.26. The van der Waals surface area contributed by atoms with Crippen LogP contribution in [0.5, 0.6) is 0 Å². The average molecular weight is 235 g/mol. The van der Waals surface area contributed by atoms with E-state index in [1.54, 1.807) is 0 Å². The lowest BCUT2D eigenvalue weighted by Gasteiger charge is -2.06. The molecule has 0 aromatic carbocycles. The summed E-state index contributed by atoms with van der Waals surface area (Å²) in [7, 11) is 0. The molecule has 1 heterocycles. The van der Waals surface area contributed by atoms with E-state index in [4.69, 9.17) is 15.7 Å². The Morgan fingerprint density at radius 2 is 2.29 bits per heavy atom. The first-order valence-electron chi connectivity index (χ1n) is 5.12. The minimum Gasteiger partial charge on any atom is -0.464 e. The SMILES string of the molecule is N#CCCCOC(=O)Cn1cc(N)ccc1=O. The fourth-order valence-electron chi connectivity index (χ4n) is 1.20. The number of hydrogen-bond donors (Lipinski definition) is 1. The van der Waals surface area contributed by atoms with E-state index in [0.29, 0.717) is 18.5 Å². The number of anilines is 1. The van der Waals surface area contributed by atoms with Gasteiger partial charge in [0.15, 0.2) is 0 Å². The fourth-order valence-corrected chi connectivity index (χ4v) is 1.20. The maximum absolute atomic E-state index is 11.3. The lowest BCUT2D eigenvalue weighted by molar-refractivity contribution is -0.144. The van der Waals surface area contributed by atoms with Crippen LogP contribution in [0.4, 0.5) is 5.69 Å². The summed E-state index contributed by atoms with van der Waals surface area (Å²) in [6, 6.07) is 4.70. The van der Waals surface area contributed by atoms with Gasteiger partial charge in [-0.25, -0.2) is 0 Å². The van der Waals surface area contributed by atoms with E-state index in [1.165, 1.54) is 22.9 Å². The fraction of sp³-hybridized carbons (Fsp3) is 0.364. The zero-order chi connectivity index (χ0) is 12.7. The van der Waals surface area contributed by atoms with Crippen LogP contribution in [0.3, 0.4) is 0 Å². The summed E-state index contributed by atoms with van der Waals surface area (Å²) >= 11 is 0. The van der Waals surface area contributed by atoms with Crippen LogP contribution in [0.1, 0.15) is 12.8 Å². The molecule has 0 radical (unpaired) electrons. The van der Waals surface area contributed by atoms with Crippen molar-refractivity contribution in [2.24, 2.45) is 0 Å². The van der Waals surface area contributed by atoms with Gasteiger partial charge < -0.3 is 15.0 Å². The Labute approximate surface area is 98.2 Å². The summed E-state index contributed by atoms with van der Waals surface area (Å²) in [5, 5.41) is 8.28. The number of pyridine rings is 1. The molecule has 0 fully saturated rings. The molecule has 0 aliphatic heterocycles. The van der Waals surface area contributed by atoms with E-state index in [1.807, 2.05) is 6.07 Å². The molecule has 0 amide bonds. The highest BCUT2D eigenvalue weighted by molar-refractivity contribution is 5.69. The van der Waals surface area contributed by atoms with Crippen LogP contribution >= 0.6 is 0 Å². The van der Waals surface area contributed by atoms with E-state index in [2.05, 4.69) is 0 Å². The molecule has 17 heavy (non-hydrogen) atoms. The molecule has 0 aliphatic carbocycles. The number of nitriles is 1. The number of carbonyl (C=O) groups excluding carboxylic acids is 1. The van der Waals surface area contributed by atoms with E-state index in [9.17, 15) is 9.59 Å². The number of esters is 1. The summed E-state index contributed by atoms with van der Waals surface area (Å²) in [5.41, 5.74) is 5.59. The predicted octanol–water partition coefficient (Wildman–Crippen LogP) is 0.277. The second-order valence-electron chi connectivity index (χ2n) is 3.41. The predicted molar refractivity (Wildman–Crippen MR) is 60.9 cm³/mol. The molecule has 0 atom stereocenters. The van der Waals surface area contributed by atoms with Crippen LogP contribution in [-0.2, 0) is 16.1 Å². The molecule has 0 saturated heterocycles. The Balaban J connectivity index is 2.48. The first kappa shape index (κ1) is 12.8. The topological polar surface area (TPSA) is 98.1 Å². The van der Waals surface area contributed by atoms with Gasteiger partial charge in [-0.05, 0) is 12.5 Å². The molecule has 90 valence electrons. The highest BCUT2D eigenvalue weighted by atomic mass is 16.5. The van der Waals surface area contributed by atoms with Crippen molar-refractivity contribution < 1.29 is 9.53 Å². The number of unbranched alkanes of at least 4 members (excludes halogenated alkanes) is 1. The largest absolute Gasteiger partial charge is 0.464 e. The smallest absolute Gasteiger partial charge is 0.326 e. The highest BCUT2D eigenvalue weighted by Gasteiger charge is 2.05. The van der Waals surface area contributed by atoms with Gasteiger partial charge in [-0.2, -0.15) is 5.26 Å². The third-order valence-corrected chi connectivity index (χ3v) is 2.00. The Bertz CT molecular complexity index is 487. The van der Waals surface area contributed by atoms with Gasteiger partial charge in [0, 0.05) is 24.4 Å². The molecule has 2 N–H and O–H groups in total. The van der Waals surface area contributed by atoms with Gasteiger partial charge in [-0.1, -0.05) is 0 Å². The van der Waals surface area contributed by atoms with Crippen molar-refractivity contribution in [3.05, 3.63) is 28.7 Å². The average Bonchev–Trinajstić information content (AvgIpc) is 2.29. The van der Waals surface area contributed by atoms with Crippen LogP contribution in [0.2, 0.25) is 0 Å². The second-order valence-corrected chi connectivity index (χ2v) is 3.41. The molecular weight excluding hydrogens is 222 g/mol. The molecule has 0 saturated carbocycles. The number of nitrogen functional groups attached to an aromatic ring is 1. The Kier molecular flexibility index (Phi) is 4.76. The number of ether oxygens (including phenoxy) is 1.